The van der Waals surface area contributed by atoms with Gasteiger partial charge in [-0.15, -0.1) is 5.10 Å². The molecule has 1 amide bonds. The van der Waals surface area contributed by atoms with Crippen LogP contribution in [0.1, 0.15) is 18.4 Å². The summed E-state index contributed by atoms with van der Waals surface area (Å²) in [5.41, 5.74) is -1.38. The van der Waals surface area contributed by atoms with Crippen LogP contribution in [0.15, 0.2) is 36.5 Å². The fourth-order valence-corrected chi connectivity index (χ4v) is 3.73. The van der Waals surface area contributed by atoms with Gasteiger partial charge in [0.15, 0.2) is 5.82 Å². The van der Waals surface area contributed by atoms with Gasteiger partial charge in [-0.05, 0) is 44.2 Å². The lowest BCUT2D eigenvalue weighted by Gasteiger charge is -2.29. The summed E-state index contributed by atoms with van der Waals surface area (Å²) in [6.07, 6.45) is -1.07. The van der Waals surface area contributed by atoms with Gasteiger partial charge in [0.25, 0.3) is 0 Å². The maximum Gasteiger partial charge on any atom is 0.418 e. The van der Waals surface area contributed by atoms with Crippen LogP contribution in [0.5, 0.6) is 0 Å². The summed E-state index contributed by atoms with van der Waals surface area (Å²) in [5, 5.41) is 10.2. The van der Waals surface area contributed by atoms with E-state index in [1.807, 2.05) is 12.1 Å². The highest BCUT2D eigenvalue weighted by Crippen LogP contribution is 2.38. The van der Waals surface area contributed by atoms with Crippen molar-refractivity contribution < 1.29 is 18.0 Å². The van der Waals surface area contributed by atoms with Crippen LogP contribution in [0.4, 0.5) is 24.7 Å². The first-order valence-electron chi connectivity index (χ1n) is 9.14. The Morgan fingerprint density at radius 2 is 2.14 bits per heavy atom. The lowest BCUT2D eigenvalue weighted by molar-refractivity contribution is -0.137. The maximum absolute atomic E-state index is 13.2. The van der Waals surface area contributed by atoms with E-state index in [1.165, 1.54) is 12.1 Å². The number of nitrogens with one attached hydrogen (secondary N) is 1. The number of carbonyl (C=O) groups is 1. The molecule has 2 heterocycles. The summed E-state index contributed by atoms with van der Waals surface area (Å²) < 4.78 is 39.5. The number of rotatable bonds is 6. The van der Waals surface area contributed by atoms with E-state index in [9.17, 15) is 18.0 Å². The normalized spacial score (nSPS) is 17.0. The Balaban J connectivity index is 1.62. The standard InChI is InChI=1S/C19H21ClF3N5O/c1-27(11-13-5-4-10-28(13)16-8-3-9-24-26-16)12-17(29)25-18-14(19(21,22)23)6-2-7-15(18)20/h2-3,6-9,13H,4-5,10-12H2,1H3,(H,25,29). The number of benzene rings is 1. The smallest absolute Gasteiger partial charge is 0.351 e. The lowest BCUT2D eigenvalue weighted by Crippen LogP contribution is -2.42. The molecule has 156 valence electrons. The second kappa shape index (κ2) is 8.96. The van der Waals surface area contributed by atoms with Crippen molar-refractivity contribution >= 4 is 29.0 Å². The first-order valence-corrected chi connectivity index (χ1v) is 9.52. The highest BCUT2D eigenvalue weighted by Gasteiger charge is 2.35. The molecule has 1 aliphatic heterocycles. The number of anilines is 2. The van der Waals surface area contributed by atoms with E-state index in [2.05, 4.69) is 20.4 Å². The first kappa shape index (κ1) is 21.3. The molecular formula is C19H21ClF3N5O. The predicted octanol–water partition coefficient (Wildman–Crippen LogP) is 3.69. The molecule has 1 N–H and O–H groups in total. The highest BCUT2D eigenvalue weighted by molar-refractivity contribution is 6.34. The fraction of sp³-hybridized carbons (Fsp3) is 0.421. The Morgan fingerprint density at radius 1 is 1.34 bits per heavy atom. The molecule has 1 atom stereocenters. The molecule has 0 aliphatic carbocycles. The zero-order chi connectivity index (χ0) is 21.0. The van der Waals surface area contributed by atoms with Crippen molar-refractivity contribution in [2.24, 2.45) is 0 Å². The molecule has 1 saturated heterocycles. The summed E-state index contributed by atoms with van der Waals surface area (Å²) >= 11 is 5.89. The van der Waals surface area contributed by atoms with Gasteiger partial charge in [-0.1, -0.05) is 17.7 Å². The third kappa shape index (κ3) is 5.36. The molecule has 3 rings (SSSR count). The number of likely N-dealkylation sites (N-methyl/N-ethyl adjacent to an activating group) is 1. The Hall–Kier alpha value is -2.39. The number of para-hydroxylation sites is 1. The number of hydrogen-bond acceptors (Lipinski definition) is 5. The Bertz CT molecular complexity index is 849. The maximum atomic E-state index is 13.2. The van der Waals surface area contributed by atoms with Crippen molar-refractivity contribution in [3.05, 3.63) is 47.1 Å². The van der Waals surface area contributed by atoms with Crippen molar-refractivity contribution in [1.29, 1.82) is 0 Å². The summed E-state index contributed by atoms with van der Waals surface area (Å²) in [4.78, 5) is 16.3. The molecule has 29 heavy (non-hydrogen) atoms. The monoisotopic (exact) mass is 427 g/mol. The minimum Gasteiger partial charge on any atom is -0.351 e. The molecule has 6 nitrogen and oxygen atoms in total. The summed E-state index contributed by atoms with van der Waals surface area (Å²) in [5.74, 6) is 0.217. The largest absolute Gasteiger partial charge is 0.418 e. The number of carbonyl (C=O) groups excluding carboxylic acids is 1. The minimum atomic E-state index is -4.61. The van der Waals surface area contributed by atoms with E-state index in [0.29, 0.717) is 6.54 Å². The SMILES string of the molecule is CN(CC(=O)Nc1c(Cl)cccc1C(F)(F)F)CC1CCCN1c1cccnn1. The van der Waals surface area contributed by atoms with Crippen molar-refractivity contribution in [3.8, 4) is 0 Å². The van der Waals surface area contributed by atoms with Gasteiger partial charge in [-0.25, -0.2) is 0 Å². The van der Waals surface area contributed by atoms with Crippen LogP contribution in [0, 0.1) is 0 Å². The van der Waals surface area contributed by atoms with Crippen LogP contribution in [-0.2, 0) is 11.0 Å². The van der Waals surface area contributed by atoms with Gasteiger partial charge in [-0.3, -0.25) is 9.69 Å². The van der Waals surface area contributed by atoms with Gasteiger partial charge < -0.3 is 10.2 Å². The van der Waals surface area contributed by atoms with Crippen LogP contribution in [0.25, 0.3) is 0 Å². The van der Waals surface area contributed by atoms with Crippen LogP contribution < -0.4 is 10.2 Å². The molecule has 1 aromatic carbocycles. The first-order chi connectivity index (χ1) is 13.8. The van der Waals surface area contributed by atoms with Crippen molar-refractivity contribution in [2.75, 3.05) is 36.9 Å². The van der Waals surface area contributed by atoms with Crippen LogP contribution in [0.2, 0.25) is 5.02 Å². The average molecular weight is 428 g/mol. The van der Waals surface area contributed by atoms with Gasteiger partial charge >= 0.3 is 6.18 Å². The second-order valence-corrected chi connectivity index (χ2v) is 7.38. The van der Waals surface area contributed by atoms with Gasteiger partial charge in [0.2, 0.25) is 5.91 Å². The minimum absolute atomic E-state index is 0.0622. The predicted molar refractivity (Wildman–Crippen MR) is 105 cm³/mol. The van der Waals surface area contributed by atoms with Gasteiger partial charge in [0.1, 0.15) is 0 Å². The molecule has 2 aromatic rings. The molecule has 10 heteroatoms. The van der Waals surface area contributed by atoms with E-state index >= 15 is 0 Å². The summed E-state index contributed by atoms with van der Waals surface area (Å²) in [7, 11) is 1.75. The van der Waals surface area contributed by atoms with Crippen LogP contribution >= 0.6 is 11.6 Å². The Morgan fingerprint density at radius 3 is 2.83 bits per heavy atom. The average Bonchev–Trinajstić information content (AvgIpc) is 3.11. The summed E-state index contributed by atoms with van der Waals surface area (Å²) in [6, 6.07) is 7.25. The molecule has 1 aromatic heterocycles. The van der Waals surface area contributed by atoms with Crippen molar-refractivity contribution in [2.45, 2.75) is 25.1 Å². The quantitative estimate of drug-likeness (QED) is 0.762. The van der Waals surface area contributed by atoms with Crippen molar-refractivity contribution in [1.82, 2.24) is 15.1 Å². The molecule has 0 bridgehead atoms. The number of aromatic nitrogens is 2. The Labute approximate surface area is 171 Å². The summed E-state index contributed by atoms with van der Waals surface area (Å²) in [6.45, 7) is 1.35. The van der Waals surface area contributed by atoms with E-state index in [0.717, 1.165) is 31.3 Å². The molecule has 0 saturated carbocycles. The molecular weight excluding hydrogens is 407 g/mol. The van der Waals surface area contributed by atoms with E-state index < -0.39 is 23.3 Å². The molecule has 1 aliphatic rings. The molecule has 1 unspecified atom stereocenters. The zero-order valence-electron chi connectivity index (χ0n) is 15.8. The third-order valence-corrected chi connectivity index (χ3v) is 5.06. The number of nitrogens with zero attached hydrogens (tertiary/aromatic N) is 4. The van der Waals surface area contributed by atoms with Gasteiger partial charge in [0.05, 0.1) is 22.8 Å². The third-order valence-electron chi connectivity index (χ3n) is 4.75. The molecule has 0 spiro atoms. The fourth-order valence-electron chi connectivity index (χ4n) is 3.51. The van der Waals surface area contributed by atoms with Gasteiger partial charge in [-0.2, -0.15) is 18.3 Å². The van der Waals surface area contributed by atoms with E-state index in [4.69, 9.17) is 11.6 Å². The van der Waals surface area contributed by atoms with E-state index in [-0.39, 0.29) is 17.6 Å². The topological polar surface area (TPSA) is 61.4 Å². The van der Waals surface area contributed by atoms with Crippen LogP contribution in [0.3, 0.4) is 0 Å². The van der Waals surface area contributed by atoms with E-state index in [1.54, 1.807) is 18.1 Å². The van der Waals surface area contributed by atoms with Crippen molar-refractivity contribution in [3.63, 3.8) is 0 Å². The molecule has 1 fully saturated rings. The lowest BCUT2D eigenvalue weighted by atomic mass is 10.1. The molecule has 0 radical (unpaired) electrons. The highest BCUT2D eigenvalue weighted by atomic mass is 35.5. The number of alkyl halides is 3. The number of amides is 1. The zero-order valence-corrected chi connectivity index (χ0v) is 16.5. The second-order valence-electron chi connectivity index (χ2n) is 6.98. The number of halogens is 4. The van der Waals surface area contributed by atoms with Crippen LogP contribution in [-0.4, -0.2) is 53.7 Å². The Kier molecular flexibility index (Phi) is 6.59. The van der Waals surface area contributed by atoms with Gasteiger partial charge in [0, 0.05) is 25.3 Å². The number of hydrogen-bond donors (Lipinski definition) is 1.